The van der Waals surface area contributed by atoms with E-state index in [0.717, 1.165) is 6.42 Å². The van der Waals surface area contributed by atoms with Gasteiger partial charge in [0.1, 0.15) is 22.5 Å². The standard InChI is InChI=1S/C16H24O5S/c1-9(2)6-14(22-10(3)16(18)19)15-12(17)7-11(20-4)8-13(15)21-5/h7-10,14,17H,6H2,1-5H3,(H,18,19). The minimum Gasteiger partial charge on any atom is -0.507 e. The molecule has 0 saturated carbocycles. The molecule has 22 heavy (non-hydrogen) atoms. The van der Waals surface area contributed by atoms with Crippen molar-refractivity contribution >= 4 is 17.7 Å². The molecule has 0 amide bonds. The Morgan fingerprint density at radius 3 is 2.32 bits per heavy atom. The first-order valence-corrected chi connectivity index (χ1v) is 8.07. The molecule has 0 saturated heterocycles. The number of phenols is 1. The molecule has 0 fully saturated rings. The molecule has 0 aliphatic carbocycles. The van der Waals surface area contributed by atoms with Crippen LogP contribution in [0.15, 0.2) is 12.1 Å². The molecule has 0 aromatic heterocycles. The minimum atomic E-state index is -0.870. The number of carboxylic acid groups (broad SMARTS) is 1. The molecule has 1 aromatic carbocycles. The number of thioether (sulfide) groups is 1. The van der Waals surface area contributed by atoms with Gasteiger partial charge >= 0.3 is 5.97 Å². The van der Waals surface area contributed by atoms with Gasteiger partial charge in [-0.15, -0.1) is 11.8 Å². The third-order valence-electron chi connectivity index (χ3n) is 3.27. The highest BCUT2D eigenvalue weighted by Gasteiger charge is 2.27. The lowest BCUT2D eigenvalue weighted by molar-refractivity contribution is -0.136. The molecule has 2 unspecified atom stereocenters. The summed E-state index contributed by atoms with van der Waals surface area (Å²) in [6.45, 7) is 5.77. The van der Waals surface area contributed by atoms with Gasteiger partial charge in [-0.25, -0.2) is 0 Å². The monoisotopic (exact) mass is 328 g/mol. The Morgan fingerprint density at radius 2 is 1.86 bits per heavy atom. The van der Waals surface area contributed by atoms with Crippen molar-refractivity contribution in [1.82, 2.24) is 0 Å². The molecule has 0 bridgehead atoms. The third-order valence-corrected chi connectivity index (χ3v) is 4.64. The predicted molar refractivity (Wildman–Crippen MR) is 88.1 cm³/mol. The van der Waals surface area contributed by atoms with Gasteiger partial charge in [-0.2, -0.15) is 0 Å². The maximum atomic E-state index is 11.2. The average Bonchev–Trinajstić information content (AvgIpc) is 2.44. The van der Waals surface area contributed by atoms with Gasteiger partial charge in [0, 0.05) is 22.9 Å². The molecule has 0 spiro atoms. The highest BCUT2D eigenvalue weighted by Crippen LogP contribution is 2.47. The van der Waals surface area contributed by atoms with Gasteiger partial charge in [-0.3, -0.25) is 4.79 Å². The van der Waals surface area contributed by atoms with Crippen LogP contribution in [0.4, 0.5) is 0 Å². The van der Waals surface area contributed by atoms with E-state index in [0.29, 0.717) is 23.0 Å². The molecule has 5 nitrogen and oxygen atoms in total. The van der Waals surface area contributed by atoms with E-state index in [2.05, 4.69) is 13.8 Å². The SMILES string of the molecule is COc1cc(O)c(C(CC(C)C)SC(C)C(=O)O)c(OC)c1. The predicted octanol–water partition coefficient (Wildman–Crippen LogP) is 3.70. The highest BCUT2D eigenvalue weighted by atomic mass is 32.2. The second kappa shape index (κ2) is 8.17. The van der Waals surface area contributed by atoms with Crippen LogP contribution < -0.4 is 9.47 Å². The quantitative estimate of drug-likeness (QED) is 0.758. The second-order valence-corrected chi connectivity index (χ2v) is 7.05. The number of rotatable bonds is 8. The second-order valence-electron chi connectivity index (χ2n) is 5.50. The fraction of sp³-hybridized carbons (Fsp3) is 0.562. The van der Waals surface area contributed by atoms with E-state index >= 15 is 0 Å². The molecule has 6 heteroatoms. The van der Waals surface area contributed by atoms with E-state index in [1.54, 1.807) is 13.0 Å². The zero-order valence-electron chi connectivity index (χ0n) is 13.6. The van der Waals surface area contributed by atoms with Crippen molar-refractivity contribution in [3.05, 3.63) is 17.7 Å². The summed E-state index contributed by atoms with van der Waals surface area (Å²) in [6.07, 6.45) is 0.735. The number of ether oxygens (including phenoxy) is 2. The molecule has 2 atom stereocenters. The number of aliphatic carboxylic acids is 1. The summed E-state index contributed by atoms with van der Waals surface area (Å²) >= 11 is 1.31. The van der Waals surface area contributed by atoms with E-state index in [-0.39, 0.29) is 11.0 Å². The van der Waals surface area contributed by atoms with Crippen LogP contribution in [0, 0.1) is 5.92 Å². The normalized spacial score (nSPS) is 13.7. The number of aromatic hydroxyl groups is 1. The van der Waals surface area contributed by atoms with Crippen LogP contribution in [0.3, 0.4) is 0 Å². The minimum absolute atomic E-state index is 0.0620. The molecule has 1 aromatic rings. The number of phenolic OH excluding ortho intramolecular Hbond substituents is 1. The average molecular weight is 328 g/mol. The molecule has 0 heterocycles. The molecule has 0 aliphatic heterocycles. The van der Waals surface area contributed by atoms with Gasteiger partial charge in [0.2, 0.25) is 0 Å². The fourth-order valence-corrected chi connectivity index (χ4v) is 3.65. The van der Waals surface area contributed by atoms with Crippen LogP contribution in [0.5, 0.6) is 17.2 Å². The van der Waals surface area contributed by atoms with Crippen molar-refractivity contribution in [1.29, 1.82) is 0 Å². The summed E-state index contributed by atoms with van der Waals surface area (Å²) in [6, 6.07) is 3.23. The lowest BCUT2D eigenvalue weighted by Gasteiger charge is -2.24. The summed E-state index contributed by atoms with van der Waals surface area (Å²) < 4.78 is 10.5. The van der Waals surface area contributed by atoms with Gasteiger partial charge in [0.15, 0.2) is 0 Å². The summed E-state index contributed by atoms with van der Waals surface area (Å²) in [5.41, 5.74) is 0.620. The number of carbonyl (C=O) groups is 1. The molecular formula is C16H24O5S. The van der Waals surface area contributed by atoms with Crippen molar-refractivity contribution in [2.45, 2.75) is 37.7 Å². The number of methoxy groups -OCH3 is 2. The van der Waals surface area contributed by atoms with Crippen LogP contribution in [0.2, 0.25) is 0 Å². The Kier molecular flexibility index (Phi) is 6.87. The van der Waals surface area contributed by atoms with E-state index in [9.17, 15) is 9.90 Å². The van der Waals surface area contributed by atoms with Crippen molar-refractivity contribution in [3.8, 4) is 17.2 Å². The fourth-order valence-electron chi connectivity index (χ4n) is 2.17. The zero-order valence-corrected chi connectivity index (χ0v) is 14.4. The Labute approximate surface area is 135 Å². The Morgan fingerprint density at radius 1 is 1.23 bits per heavy atom. The Bertz CT molecular complexity index is 516. The van der Waals surface area contributed by atoms with Crippen LogP contribution in [0.1, 0.15) is 38.0 Å². The molecular weight excluding hydrogens is 304 g/mol. The first-order chi connectivity index (χ1) is 10.3. The van der Waals surface area contributed by atoms with E-state index in [1.165, 1.54) is 32.0 Å². The van der Waals surface area contributed by atoms with E-state index < -0.39 is 11.2 Å². The summed E-state index contributed by atoms with van der Waals surface area (Å²) in [5, 5.41) is 18.8. The lowest BCUT2D eigenvalue weighted by Crippen LogP contribution is -2.15. The number of hydrogen-bond acceptors (Lipinski definition) is 5. The van der Waals surface area contributed by atoms with Gasteiger partial charge < -0.3 is 19.7 Å². The Hall–Kier alpha value is -1.56. The molecule has 2 N–H and O–H groups in total. The summed E-state index contributed by atoms with van der Waals surface area (Å²) in [5.74, 6) is 0.549. The van der Waals surface area contributed by atoms with Crippen LogP contribution in [0.25, 0.3) is 0 Å². The largest absolute Gasteiger partial charge is 0.507 e. The zero-order chi connectivity index (χ0) is 16.9. The summed E-state index contributed by atoms with van der Waals surface area (Å²) in [7, 11) is 3.04. The maximum Gasteiger partial charge on any atom is 0.316 e. The van der Waals surface area contributed by atoms with Crippen LogP contribution in [-0.4, -0.2) is 35.7 Å². The van der Waals surface area contributed by atoms with Crippen molar-refractivity contribution < 1.29 is 24.5 Å². The van der Waals surface area contributed by atoms with Gasteiger partial charge in [0.05, 0.1) is 14.2 Å². The van der Waals surface area contributed by atoms with Crippen molar-refractivity contribution in [2.75, 3.05) is 14.2 Å². The molecule has 124 valence electrons. The lowest BCUT2D eigenvalue weighted by atomic mass is 10.00. The number of benzene rings is 1. The number of hydrogen-bond donors (Lipinski definition) is 2. The van der Waals surface area contributed by atoms with Gasteiger partial charge in [-0.1, -0.05) is 13.8 Å². The van der Waals surface area contributed by atoms with Crippen LogP contribution in [-0.2, 0) is 4.79 Å². The molecule has 0 radical (unpaired) electrons. The van der Waals surface area contributed by atoms with Gasteiger partial charge in [0.25, 0.3) is 0 Å². The van der Waals surface area contributed by atoms with Crippen molar-refractivity contribution in [2.24, 2.45) is 5.92 Å². The Balaban J connectivity index is 3.25. The molecule has 0 aliphatic rings. The third kappa shape index (κ3) is 4.73. The first kappa shape index (κ1) is 18.5. The number of carboxylic acids is 1. The topological polar surface area (TPSA) is 76.0 Å². The van der Waals surface area contributed by atoms with Crippen molar-refractivity contribution in [3.63, 3.8) is 0 Å². The first-order valence-electron chi connectivity index (χ1n) is 7.13. The molecule has 1 rings (SSSR count). The van der Waals surface area contributed by atoms with Crippen LogP contribution >= 0.6 is 11.8 Å². The van der Waals surface area contributed by atoms with E-state index in [4.69, 9.17) is 14.6 Å². The summed E-state index contributed by atoms with van der Waals surface area (Å²) in [4.78, 5) is 11.2. The maximum absolute atomic E-state index is 11.2. The highest BCUT2D eigenvalue weighted by molar-refractivity contribution is 8.00. The van der Waals surface area contributed by atoms with E-state index in [1.807, 2.05) is 0 Å². The smallest absolute Gasteiger partial charge is 0.316 e. The van der Waals surface area contributed by atoms with Gasteiger partial charge in [-0.05, 0) is 19.3 Å².